The Morgan fingerprint density at radius 1 is 1.06 bits per heavy atom. The van der Waals surface area contributed by atoms with Crippen molar-refractivity contribution in [1.82, 2.24) is 4.90 Å². The van der Waals surface area contributed by atoms with Gasteiger partial charge >= 0.3 is 0 Å². The molecule has 7 nitrogen and oxygen atoms in total. The van der Waals surface area contributed by atoms with Crippen molar-refractivity contribution in [3.63, 3.8) is 0 Å². The zero-order valence-corrected chi connectivity index (χ0v) is 17.0. The summed E-state index contributed by atoms with van der Waals surface area (Å²) in [5, 5.41) is 2.97. The van der Waals surface area contributed by atoms with Crippen LogP contribution < -0.4 is 10.2 Å². The largest absolute Gasteiger partial charge is 0.467 e. The Kier molecular flexibility index (Phi) is 4.39. The van der Waals surface area contributed by atoms with E-state index in [1.54, 1.807) is 42.5 Å². The lowest BCUT2D eigenvalue weighted by Gasteiger charge is -2.48. The van der Waals surface area contributed by atoms with Crippen LogP contribution in [-0.4, -0.2) is 28.3 Å². The molecule has 2 aliphatic heterocycles. The summed E-state index contributed by atoms with van der Waals surface area (Å²) in [4.78, 5) is 43.4. The minimum atomic E-state index is -1.47. The molecule has 1 aromatic heterocycles. The van der Waals surface area contributed by atoms with Crippen LogP contribution in [-0.2, 0) is 16.1 Å². The maximum Gasteiger partial charge on any atom is 0.271 e. The number of benzene rings is 2. The first kappa shape index (κ1) is 19.1. The predicted molar refractivity (Wildman–Crippen MR) is 114 cm³/mol. The van der Waals surface area contributed by atoms with Gasteiger partial charge in [-0.2, -0.15) is 0 Å². The molecule has 0 radical (unpaired) electrons. The van der Waals surface area contributed by atoms with Gasteiger partial charge in [-0.25, -0.2) is 0 Å². The summed E-state index contributed by atoms with van der Waals surface area (Å²) in [5.74, 6) is -0.376. The van der Waals surface area contributed by atoms with Gasteiger partial charge in [0.15, 0.2) is 0 Å². The second kappa shape index (κ2) is 7.12. The number of nitrogens with one attached hydrogen (secondary N) is 1. The van der Waals surface area contributed by atoms with E-state index in [1.165, 1.54) is 16.1 Å². The summed E-state index contributed by atoms with van der Waals surface area (Å²) in [6.45, 7) is 1.97. The number of para-hydroxylation sites is 2. The molecular weight excluding hydrogens is 394 g/mol. The van der Waals surface area contributed by atoms with E-state index in [4.69, 9.17) is 4.42 Å². The van der Waals surface area contributed by atoms with Gasteiger partial charge in [0.2, 0.25) is 11.6 Å². The highest BCUT2D eigenvalue weighted by molar-refractivity contribution is 6.18. The van der Waals surface area contributed by atoms with Crippen molar-refractivity contribution in [2.45, 2.75) is 32.0 Å². The third kappa shape index (κ3) is 2.84. The fourth-order valence-electron chi connectivity index (χ4n) is 4.50. The average molecular weight is 415 g/mol. The number of anilines is 2. The van der Waals surface area contributed by atoms with Crippen LogP contribution in [0.2, 0.25) is 0 Å². The zero-order chi connectivity index (χ0) is 21.6. The van der Waals surface area contributed by atoms with E-state index in [-0.39, 0.29) is 31.2 Å². The normalized spacial score (nSPS) is 19.9. The van der Waals surface area contributed by atoms with Crippen LogP contribution in [0, 0.1) is 6.92 Å². The number of aryl methyl sites for hydroxylation is 1. The summed E-state index contributed by atoms with van der Waals surface area (Å²) in [5.41, 5.74) is 0.917. The predicted octanol–water partition coefficient (Wildman–Crippen LogP) is 3.71. The van der Waals surface area contributed by atoms with E-state index < -0.39 is 11.6 Å². The SMILES string of the molecule is Cc1ccccc1NC(=O)C12CCC(=O)N1c1ccccc1C(=O)N2Cc1ccco1. The Bertz CT molecular complexity index is 1190. The number of carbonyl (C=O) groups excluding carboxylic acids is 3. The molecule has 7 heteroatoms. The van der Waals surface area contributed by atoms with E-state index in [0.717, 1.165) is 5.56 Å². The van der Waals surface area contributed by atoms with Crippen LogP contribution in [0.15, 0.2) is 71.3 Å². The fraction of sp³-hybridized carbons (Fsp3) is 0.208. The number of nitrogens with zero attached hydrogens (tertiary/aromatic N) is 2. The van der Waals surface area contributed by atoms with E-state index in [9.17, 15) is 14.4 Å². The molecule has 0 spiro atoms. The lowest BCUT2D eigenvalue weighted by atomic mass is 9.95. The lowest BCUT2D eigenvalue weighted by Crippen LogP contribution is -2.69. The van der Waals surface area contributed by atoms with Crippen LogP contribution >= 0.6 is 0 Å². The third-order valence-corrected chi connectivity index (χ3v) is 6.02. The molecule has 3 amide bonds. The van der Waals surface area contributed by atoms with Gasteiger partial charge in [0.05, 0.1) is 24.1 Å². The van der Waals surface area contributed by atoms with E-state index in [2.05, 4.69) is 5.32 Å². The minimum absolute atomic E-state index is 0.0745. The van der Waals surface area contributed by atoms with Crippen LogP contribution in [0.25, 0.3) is 0 Å². The Labute approximate surface area is 179 Å². The maximum atomic E-state index is 13.8. The van der Waals surface area contributed by atoms with E-state index in [1.807, 2.05) is 25.1 Å². The van der Waals surface area contributed by atoms with Gasteiger partial charge < -0.3 is 9.73 Å². The first-order valence-electron chi connectivity index (χ1n) is 10.2. The van der Waals surface area contributed by atoms with Crippen molar-refractivity contribution in [1.29, 1.82) is 0 Å². The van der Waals surface area contributed by atoms with Gasteiger partial charge in [-0.05, 0) is 42.8 Å². The van der Waals surface area contributed by atoms with Crippen molar-refractivity contribution in [3.05, 3.63) is 83.8 Å². The molecule has 0 saturated carbocycles. The Morgan fingerprint density at radius 2 is 1.84 bits per heavy atom. The first-order chi connectivity index (χ1) is 15.0. The highest BCUT2D eigenvalue weighted by Crippen LogP contribution is 2.45. The highest BCUT2D eigenvalue weighted by Gasteiger charge is 2.61. The van der Waals surface area contributed by atoms with Crippen molar-refractivity contribution in [2.24, 2.45) is 0 Å². The molecule has 0 aliphatic carbocycles. The highest BCUT2D eigenvalue weighted by atomic mass is 16.3. The first-order valence-corrected chi connectivity index (χ1v) is 10.2. The van der Waals surface area contributed by atoms with Crippen LogP contribution in [0.4, 0.5) is 11.4 Å². The number of carbonyl (C=O) groups is 3. The molecule has 2 aromatic carbocycles. The van der Waals surface area contributed by atoms with Gasteiger partial charge in [0.1, 0.15) is 5.76 Å². The second-order valence-corrected chi connectivity index (χ2v) is 7.80. The number of furan rings is 1. The van der Waals surface area contributed by atoms with Crippen molar-refractivity contribution in [3.8, 4) is 0 Å². The summed E-state index contributed by atoms with van der Waals surface area (Å²) in [6, 6.07) is 17.8. The lowest BCUT2D eigenvalue weighted by molar-refractivity contribution is -0.129. The molecule has 1 unspecified atom stereocenters. The number of rotatable bonds is 4. The third-order valence-electron chi connectivity index (χ3n) is 6.02. The molecule has 2 aliphatic rings. The van der Waals surface area contributed by atoms with Crippen LogP contribution in [0.3, 0.4) is 0 Å². The second-order valence-electron chi connectivity index (χ2n) is 7.80. The Hall–Kier alpha value is -3.87. The number of hydrogen-bond acceptors (Lipinski definition) is 4. The molecule has 1 N–H and O–H groups in total. The zero-order valence-electron chi connectivity index (χ0n) is 17.0. The number of fused-ring (bicyclic) bond motifs is 3. The molecule has 31 heavy (non-hydrogen) atoms. The molecule has 3 heterocycles. The quantitative estimate of drug-likeness (QED) is 0.704. The summed E-state index contributed by atoms with van der Waals surface area (Å²) in [6.07, 6.45) is 1.89. The van der Waals surface area contributed by atoms with Crippen LogP contribution in [0.1, 0.15) is 34.5 Å². The molecule has 5 rings (SSSR count). The van der Waals surface area contributed by atoms with Crippen molar-refractivity contribution in [2.75, 3.05) is 10.2 Å². The summed E-state index contributed by atoms with van der Waals surface area (Å²) >= 11 is 0. The molecule has 3 aromatic rings. The minimum Gasteiger partial charge on any atom is -0.467 e. The van der Waals surface area contributed by atoms with Gasteiger partial charge in [0.25, 0.3) is 11.8 Å². The Balaban J connectivity index is 1.66. The van der Waals surface area contributed by atoms with Gasteiger partial charge in [-0.3, -0.25) is 24.2 Å². The molecule has 1 fully saturated rings. The molecule has 156 valence electrons. The topological polar surface area (TPSA) is 82.9 Å². The van der Waals surface area contributed by atoms with Gasteiger partial charge in [0, 0.05) is 18.5 Å². The van der Waals surface area contributed by atoms with E-state index in [0.29, 0.717) is 22.7 Å². The Morgan fingerprint density at radius 3 is 2.61 bits per heavy atom. The van der Waals surface area contributed by atoms with Crippen LogP contribution in [0.5, 0.6) is 0 Å². The molecule has 0 bridgehead atoms. The monoisotopic (exact) mass is 415 g/mol. The molecule has 1 atom stereocenters. The fourth-order valence-corrected chi connectivity index (χ4v) is 4.50. The van der Waals surface area contributed by atoms with Crippen molar-refractivity contribution >= 4 is 29.1 Å². The van der Waals surface area contributed by atoms with Crippen molar-refractivity contribution < 1.29 is 18.8 Å². The smallest absolute Gasteiger partial charge is 0.271 e. The molecular formula is C24H21N3O4. The summed E-state index contributed by atoms with van der Waals surface area (Å²) < 4.78 is 5.48. The standard InChI is InChI=1S/C24H21N3O4/c1-16-7-2-4-10-19(16)25-23(30)24-13-12-21(28)27(24)20-11-5-3-9-18(20)22(29)26(24)15-17-8-6-14-31-17/h2-11,14H,12-13,15H2,1H3,(H,25,30). The average Bonchev–Trinajstić information content (AvgIpc) is 3.41. The van der Waals surface area contributed by atoms with E-state index >= 15 is 0 Å². The maximum absolute atomic E-state index is 13.8. The number of amides is 3. The molecule has 1 saturated heterocycles. The van der Waals surface area contributed by atoms with Gasteiger partial charge in [-0.15, -0.1) is 0 Å². The summed E-state index contributed by atoms with van der Waals surface area (Å²) in [7, 11) is 0. The number of hydrogen-bond donors (Lipinski definition) is 1. The van der Waals surface area contributed by atoms with Gasteiger partial charge in [-0.1, -0.05) is 30.3 Å².